The zero-order chi connectivity index (χ0) is 13.1. The standard InChI is InChI=1S/C12H7Br2ClN2O/c13-7-4-5-9(8(14)6-7)17-12(18)10-2-1-3-11(15)16-10/h1-6H,(H,17,18). The molecule has 1 amide bonds. The molecule has 92 valence electrons. The molecule has 3 nitrogen and oxygen atoms in total. The molecule has 0 spiro atoms. The van der Waals surface area contributed by atoms with Gasteiger partial charge in [-0.05, 0) is 46.3 Å². The van der Waals surface area contributed by atoms with Gasteiger partial charge in [0.15, 0.2) is 0 Å². The van der Waals surface area contributed by atoms with Crippen LogP contribution in [0.2, 0.25) is 5.15 Å². The number of benzene rings is 1. The van der Waals surface area contributed by atoms with Gasteiger partial charge in [-0.2, -0.15) is 0 Å². The highest BCUT2D eigenvalue weighted by Crippen LogP contribution is 2.26. The first-order valence-corrected chi connectivity index (χ1v) is 6.91. The van der Waals surface area contributed by atoms with Crippen molar-refractivity contribution >= 4 is 55.1 Å². The van der Waals surface area contributed by atoms with E-state index in [1.807, 2.05) is 12.1 Å². The van der Waals surface area contributed by atoms with Crippen LogP contribution in [0.3, 0.4) is 0 Å². The molecule has 1 N–H and O–H groups in total. The monoisotopic (exact) mass is 388 g/mol. The van der Waals surface area contributed by atoms with Gasteiger partial charge in [0.1, 0.15) is 10.8 Å². The SMILES string of the molecule is O=C(Nc1ccc(Br)cc1Br)c1cccc(Cl)n1. The minimum atomic E-state index is -0.305. The predicted octanol–water partition coefficient (Wildman–Crippen LogP) is 4.51. The Kier molecular flexibility index (Phi) is 4.37. The molecule has 0 bridgehead atoms. The first kappa shape index (κ1) is 13.5. The number of amides is 1. The van der Waals surface area contributed by atoms with Crippen LogP contribution in [-0.4, -0.2) is 10.9 Å². The third kappa shape index (κ3) is 3.31. The molecule has 0 aliphatic rings. The molecule has 0 radical (unpaired) electrons. The highest BCUT2D eigenvalue weighted by atomic mass is 79.9. The summed E-state index contributed by atoms with van der Waals surface area (Å²) in [5.41, 5.74) is 0.947. The fourth-order valence-corrected chi connectivity index (χ4v) is 2.62. The second-order valence-electron chi connectivity index (χ2n) is 3.42. The molecule has 2 rings (SSSR count). The number of hydrogen-bond donors (Lipinski definition) is 1. The Bertz CT molecular complexity index is 604. The van der Waals surface area contributed by atoms with Crippen LogP contribution in [0.1, 0.15) is 10.5 Å². The Hall–Kier alpha value is -0.910. The molecule has 0 aliphatic carbocycles. The van der Waals surface area contributed by atoms with Crippen LogP contribution in [0, 0.1) is 0 Å². The van der Waals surface area contributed by atoms with Gasteiger partial charge in [-0.3, -0.25) is 4.79 Å². The van der Waals surface area contributed by atoms with Crippen LogP contribution < -0.4 is 5.32 Å². The summed E-state index contributed by atoms with van der Waals surface area (Å²) < 4.78 is 1.71. The van der Waals surface area contributed by atoms with Crippen LogP contribution in [0.15, 0.2) is 45.3 Å². The van der Waals surface area contributed by atoms with E-state index in [4.69, 9.17) is 11.6 Å². The summed E-state index contributed by atoms with van der Waals surface area (Å²) in [6.07, 6.45) is 0. The highest BCUT2D eigenvalue weighted by molar-refractivity contribution is 9.11. The summed E-state index contributed by atoms with van der Waals surface area (Å²) in [6, 6.07) is 10.4. The number of rotatable bonds is 2. The fourth-order valence-electron chi connectivity index (χ4n) is 1.31. The van der Waals surface area contributed by atoms with E-state index < -0.39 is 0 Å². The van der Waals surface area contributed by atoms with Crippen molar-refractivity contribution in [2.45, 2.75) is 0 Å². The van der Waals surface area contributed by atoms with Gasteiger partial charge in [-0.1, -0.05) is 33.6 Å². The average Bonchev–Trinajstić information content (AvgIpc) is 2.32. The zero-order valence-corrected chi connectivity index (χ0v) is 12.9. The second kappa shape index (κ2) is 5.82. The number of nitrogens with zero attached hydrogens (tertiary/aromatic N) is 1. The van der Waals surface area contributed by atoms with Gasteiger partial charge in [-0.15, -0.1) is 0 Å². The van der Waals surface area contributed by atoms with Gasteiger partial charge in [0.05, 0.1) is 5.69 Å². The normalized spacial score (nSPS) is 10.2. The Morgan fingerprint density at radius 3 is 2.67 bits per heavy atom. The maximum atomic E-state index is 11.9. The quantitative estimate of drug-likeness (QED) is 0.767. The molecule has 2 aromatic rings. The Morgan fingerprint density at radius 2 is 2.00 bits per heavy atom. The number of hydrogen-bond acceptors (Lipinski definition) is 2. The average molecular weight is 390 g/mol. The van der Waals surface area contributed by atoms with Crippen LogP contribution in [-0.2, 0) is 0 Å². The molecule has 6 heteroatoms. The van der Waals surface area contributed by atoms with E-state index in [0.717, 1.165) is 8.95 Å². The lowest BCUT2D eigenvalue weighted by Crippen LogP contribution is -2.13. The Labute approximate surface area is 126 Å². The van der Waals surface area contributed by atoms with Crippen molar-refractivity contribution in [1.29, 1.82) is 0 Å². The predicted molar refractivity (Wildman–Crippen MR) is 79.0 cm³/mol. The lowest BCUT2D eigenvalue weighted by Gasteiger charge is -2.07. The van der Waals surface area contributed by atoms with E-state index in [1.165, 1.54) is 0 Å². The number of aromatic nitrogens is 1. The first-order chi connectivity index (χ1) is 8.56. The zero-order valence-electron chi connectivity index (χ0n) is 8.95. The minimum Gasteiger partial charge on any atom is -0.320 e. The van der Waals surface area contributed by atoms with Crippen LogP contribution in [0.4, 0.5) is 5.69 Å². The molecule has 18 heavy (non-hydrogen) atoms. The number of pyridine rings is 1. The van der Waals surface area contributed by atoms with Gasteiger partial charge in [0.25, 0.3) is 5.91 Å². The maximum absolute atomic E-state index is 11.9. The lowest BCUT2D eigenvalue weighted by atomic mass is 10.3. The molecule has 0 fully saturated rings. The van der Waals surface area contributed by atoms with E-state index >= 15 is 0 Å². The second-order valence-corrected chi connectivity index (χ2v) is 5.58. The number of carbonyl (C=O) groups excluding carboxylic acids is 1. The van der Waals surface area contributed by atoms with Crippen molar-refractivity contribution in [3.05, 3.63) is 56.2 Å². The van der Waals surface area contributed by atoms with Crippen molar-refractivity contribution < 1.29 is 4.79 Å². The molecular weight excluding hydrogens is 383 g/mol. The van der Waals surface area contributed by atoms with E-state index in [0.29, 0.717) is 5.69 Å². The molecule has 0 saturated carbocycles. The fraction of sp³-hybridized carbons (Fsp3) is 0. The van der Waals surface area contributed by atoms with Crippen molar-refractivity contribution in [3.8, 4) is 0 Å². The summed E-state index contributed by atoms with van der Waals surface area (Å²) in [5, 5.41) is 3.04. The smallest absolute Gasteiger partial charge is 0.274 e. The molecular formula is C12H7Br2ClN2O. The summed E-state index contributed by atoms with van der Waals surface area (Å²) >= 11 is 12.5. The summed E-state index contributed by atoms with van der Waals surface area (Å²) in [4.78, 5) is 15.9. The summed E-state index contributed by atoms with van der Waals surface area (Å²) in [6.45, 7) is 0. The summed E-state index contributed by atoms with van der Waals surface area (Å²) in [7, 11) is 0. The molecule has 0 saturated heterocycles. The van der Waals surface area contributed by atoms with Gasteiger partial charge < -0.3 is 5.32 Å². The van der Waals surface area contributed by atoms with E-state index in [2.05, 4.69) is 42.2 Å². The first-order valence-electron chi connectivity index (χ1n) is 4.95. The van der Waals surface area contributed by atoms with E-state index in [9.17, 15) is 4.79 Å². The van der Waals surface area contributed by atoms with Crippen LogP contribution in [0.5, 0.6) is 0 Å². The number of nitrogens with one attached hydrogen (secondary N) is 1. The third-order valence-electron chi connectivity index (χ3n) is 2.13. The molecule has 1 heterocycles. The van der Waals surface area contributed by atoms with Crippen molar-refractivity contribution in [2.24, 2.45) is 0 Å². The molecule has 1 aromatic carbocycles. The van der Waals surface area contributed by atoms with Crippen molar-refractivity contribution in [3.63, 3.8) is 0 Å². The van der Waals surface area contributed by atoms with Gasteiger partial charge >= 0.3 is 0 Å². The van der Waals surface area contributed by atoms with Crippen molar-refractivity contribution in [1.82, 2.24) is 4.98 Å². The van der Waals surface area contributed by atoms with Crippen LogP contribution >= 0.6 is 43.5 Å². The largest absolute Gasteiger partial charge is 0.320 e. The van der Waals surface area contributed by atoms with Gasteiger partial charge in [-0.25, -0.2) is 4.98 Å². The highest BCUT2D eigenvalue weighted by Gasteiger charge is 2.10. The van der Waals surface area contributed by atoms with Gasteiger partial charge in [0.2, 0.25) is 0 Å². The Morgan fingerprint density at radius 1 is 1.22 bits per heavy atom. The third-order valence-corrected chi connectivity index (χ3v) is 3.49. The molecule has 0 unspecified atom stereocenters. The molecule has 0 atom stereocenters. The van der Waals surface area contributed by atoms with Crippen molar-refractivity contribution in [2.75, 3.05) is 5.32 Å². The molecule has 1 aromatic heterocycles. The van der Waals surface area contributed by atoms with E-state index in [-0.39, 0.29) is 16.8 Å². The topological polar surface area (TPSA) is 42.0 Å². The Balaban J connectivity index is 2.21. The number of halogens is 3. The van der Waals surface area contributed by atoms with E-state index in [1.54, 1.807) is 24.3 Å². The lowest BCUT2D eigenvalue weighted by molar-refractivity contribution is 0.102. The van der Waals surface area contributed by atoms with Gasteiger partial charge in [0, 0.05) is 8.95 Å². The maximum Gasteiger partial charge on any atom is 0.274 e. The number of anilines is 1. The number of carbonyl (C=O) groups is 1. The molecule has 0 aliphatic heterocycles. The minimum absolute atomic E-state index is 0.275. The van der Waals surface area contributed by atoms with Crippen LogP contribution in [0.25, 0.3) is 0 Å². The summed E-state index contributed by atoms with van der Waals surface area (Å²) in [5.74, 6) is -0.305.